The van der Waals surface area contributed by atoms with E-state index >= 15 is 0 Å². The van der Waals surface area contributed by atoms with Crippen LogP contribution in [0.15, 0.2) is 0 Å². The van der Waals surface area contributed by atoms with Gasteiger partial charge in [0.15, 0.2) is 0 Å². The van der Waals surface area contributed by atoms with E-state index in [1.165, 1.54) is 0 Å². The van der Waals surface area contributed by atoms with Crippen molar-refractivity contribution in [3.8, 4) is 0 Å². The fourth-order valence-corrected chi connectivity index (χ4v) is 2.92. The number of carbonyl (C=O) groups is 6. The Labute approximate surface area is 196 Å². The molecule has 0 fully saturated rings. The Morgan fingerprint density at radius 1 is 0.818 bits per heavy atom. The SMILES string of the molecule is CC(C)CC(NC(=O)C(CCC(=O)O)NC(=O)C(N)CCC(N)=O)C(=O)NC(CS)C(=O)O. The molecule has 14 heteroatoms. The third-order valence-corrected chi connectivity index (χ3v) is 4.82. The van der Waals surface area contributed by atoms with Crippen molar-refractivity contribution in [2.24, 2.45) is 17.4 Å². The summed E-state index contributed by atoms with van der Waals surface area (Å²) in [6.45, 7) is 3.56. The summed E-state index contributed by atoms with van der Waals surface area (Å²) in [4.78, 5) is 70.7. The van der Waals surface area contributed by atoms with Crippen molar-refractivity contribution >= 4 is 48.2 Å². The third kappa shape index (κ3) is 12.7. The molecule has 0 aromatic rings. The Balaban J connectivity index is 5.46. The summed E-state index contributed by atoms with van der Waals surface area (Å²) in [6, 6.07) is -4.93. The van der Waals surface area contributed by atoms with E-state index in [1.807, 2.05) is 0 Å². The van der Waals surface area contributed by atoms with Crippen LogP contribution >= 0.6 is 12.6 Å². The molecule has 0 saturated carbocycles. The van der Waals surface area contributed by atoms with Crippen LogP contribution in [0.25, 0.3) is 0 Å². The first-order valence-corrected chi connectivity index (χ1v) is 10.9. The molecule has 188 valence electrons. The first-order valence-electron chi connectivity index (χ1n) is 10.3. The van der Waals surface area contributed by atoms with Gasteiger partial charge in [0.25, 0.3) is 0 Å². The Kier molecular flexibility index (Phi) is 13.7. The van der Waals surface area contributed by atoms with E-state index in [0.29, 0.717) is 0 Å². The molecule has 33 heavy (non-hydrogen) atoms. The lowest BCUT2D eigenvalue weighted by Gasteiger charge is -2.25. The maximum atomic E-state index is 12.8. The van der Waals surface area contributed by atoms with Gasteiger partial charge >= 0.3 is 11.9 Å². The largest absolute Gasteiger partial charge is 0.481 e. The average molecular weight is 492 g/mol. The monoisotopic (exact) mass is 491 g/mol. The summed E-state index contributed by atoms with van der Waals surface area (Å²) in [5, 5.41) is 25.1. The Morgan fingerprint density at radius 2 is 1.33 bits per heavy atom. The number of amides is 4. The predicted molar refractivity (Wildman–Crippen MR) is 120 cm³/mol. The number of hydrogen-bond donors (Lipinski definition) is 8. The minimum absolute atomic E-state index is 0.0744. The zero-order valence-electron chi connectivity index (χ0n) is 18.6. The molecular weight excluding hydrogens is 458 g/mol. The van der Waals surface area contributed by atoms with E-state index in [1.54, 1.807) is 13.8 Å². The van der Waals surface area contributed by atoms with Crippen molar-refractivity contribution in [1.29, 1.82) is 0 Å². The van der Waals surface area contributed by atoms with E-state index in [2.05, 4.69) is 28.6 Å². The van der Waals surface area contributed by atoms with E-state index < -0.39 is 66.2 Å². The van der Waals surface area contributed by atoms with Gasteiger partial charge in [-0.15, -0.1) is 0 Å². The summed E-state index contributed by atoms with van der Waals surface area (Å²) in [7, 11) is 0. The van der Waals surface area contributed by atoms with Gasteiger partial charge in [-0.2, -0.15) is 12.6 Å². The zero-order chi connectivity index (χ0) is 25.7. The topological polar surface area (TPSA) is 231 Å². The first kappa shape index (κ1) is 30.1. The highest BCUT2D eigenvalue weighted by Crippen LogP contribution is 2.08. The van der Waals surface area contributed by atoms with Crippen LogP contribution < -0.4 is 27.4 Å². The second-order valence-corrected chi connectivity index (χ2v) is 8.24. The van der Waals surface area contributed by atoms with Crippen molar-refractivity contribution in [2.45, 2.75) is 70.1 Å². The van der Waals surface area contributed by atoms with E-state index in [9.17, 15) is 28.8 Å². The van der Waals surface area contributed by atoms with Crippen LogP contribution in [0.4, 0.5) is 0 Å². The molecule has 4 atom stereocenters. The molecule has 0 rings (SSSR count). The van der Waals surface area contributed by atoms with Crippen LogP contribution in [-0.2, 0) is 28.8 Å². The number of aliphatic carboxylic acids is 2. The molecule has 0 aromatic heterocycles. The van der Waals surface area contributed by atoms with Gasteiger partial charge in [0, 0.05) is 18.6 Å². The molecule has 0 aliphatic rings. The quantitative estimate of drug-likeness (QED) is 0.111. The number of carboxylic acid groups (broad SMARTS) is 2. The third-order valence-electron chi connectivity index (χ3n) is 4.46. The molecule has 4 unspecified atom stereocenters. The maximum Gasteiger partial charge on any atom is 0.327 e. The lowest BCUT2D eigenvalue weighted by atomic mass is 10.0. The highest BCUT2D eigenvalue weighted by atomic mass is 32.1. The minimum Gasteiger partial charge on any atom is -0.481 e. The van der Waals surface area contributed by atoms with Crippen LogP contribution in [0.5, 0.6) is 0 Å². The van der Waals surface area contributed by atoms with Crippen LogP contribution in [0, 0.1) is 5.92 Å². The van der Waals surface area contributed by atoms with Gasteiger partial charge in [-0.1, -0.05) is 13.8 Å². The van der Waals surface area contributed by atoms with Gasteiger partial charge < -0.3 is 37.6 Å². The fraction of sp³-hybridized carbons (Fsp3) is 0.684. The molecule has 0 aromatic carbocycles. The Morgan fingerprint density at radius 3 is 1.79 bits per heavy atom. The molecule has 0 aliphatic carbocycles. The highest BCUT2D eigenvalue weighted by Gasteiger charge is 2.30. The summed E-state index contributed by atoms with van der Waals surface area (Å²) in [6.07, 6.45) is -0.842. The van der Waals surface area contributed by atoms with Gasteiger partial charge in [0.2, 0.25) is 23.6 Å². The highest BCUT2D eigenvalue weighted by molar-refractivity contribution is 7.80. The van der Waals surface area contributed by atoms with Crippen LogP contribution in [0.2, 0.25) is 0 Å². The second-order valence-electron chi connectivity index (χ2n) is 7.88. The van der Waals surface area contributed by atoms with Crippen molar-refractivity contribution < 1.29 is 39.0 Å². The lowest BCUT2D eigenvalue weighted by Crippen LogP contribution is -2.57. The number of nitrogens with one attached hydrogen (secondary N) is 3. The van der Waals surface area contributed by atoms with Crippen LogP contribution in [-0.4, -0.2) is 75.7 Å². The molecular formula is C19H33N5O8S. The molecule has 0 aliphatic heterocycles. The number of primary amides is 1. The molecule has 4 amide bonds. The van der Waals surface area contributed by atoms with Crippen molar-refractivity contribution in [1.82, 2.24) is 16.0 Å². The van der Waals surface area contributed by atoms with Crippen LogP contribution in [0.3, 0.4) is 0 Å². The van der Waals surface area contributed by atoms with E-state index in [-0.39, 0.29) is 37.4 Å². The number of carboxylic acids is 2. The molecule has 0 spiro atoms. The van der Waals surface area contributed by atoms with Gasteiger partial charge in [-0.3, -0.25) is 24.0 Å². The maximum absolute atomic E-state index is 12.8. The van der Waals surface area contributed by atoms with E-state index in [0.717, 1.165) is 0 Å². The first-order chi connectivity index (χ1) is 15.3. The van der Waals surface area contributed by atoms with Gasteiger partial charge in [0.1, 0.15) is 18.1 Å². The number of thiol groups is 1. The Bertz CT molecular complexity index is 733. The smallest absolute Gasteiger partial charge is 0.327 e. The van der Waals surface area contributed by atoms with Gasteiger partial charge in [-0.25, -0.2) is 4.79 Å². The molecule has 0 bridgehead atoms. The molecule has 0 radical (unpaired) electrons. The fourth-order valence-electron chi connectivity index (χ4n) is 2.68. The number of rotatable bonds is 16. The van der Waals surface area contributed by atoms with Gasteiger partial charge in [-0.05, 0) is 25.2 Å². The number of nitrogens with two attached hydrogens (primary N) is 2. The molecule has 13 nitrogen and oxygen atoms in total. The number of hydrogen-bond acceptors (Lipinski definition) is 8. The summed E-state index contributed by atoms with van der Waals surface area (Å²) in [5.74, 6) is -5.84. The summed E-state index contributed by atoms with van der Waals surface area (Å²) < 4.78 is 0. The van der Waals surface area contributed by atoms with Crippen molar-refractivity contribution in [3.05, 3.63) is 0 Å². The number of carbonyl (C=O) groups excluding carboxylic acids is 4. The zero-order valence-corrected chi connectivity index (χ0v) is 19.5. The standard InChI is InChI=1S/C19H33N5O8S/c1-9(2)7-12(18(30)24-13(8-33)19(31)32)23-17(29)11(4-6-15(26)27)22-16(28)10(20)3-5-14(21)25/h9-13,33H,3-8,20H2,1-2H3,(H2,21,25)(H,22,28)(H,23,29)(H,24,30)(H,26,27)(H,31,32). The summed E-state index contributed by atoms with van der Waals surface area (Å²) in [5.41, 5.74) is 10.7. The lowest BCUT2D eigenvalue weighted by molar-refractivity contribution is -0.141. The van der Waals surface area contributed by atoms with Crippen molar-refractivity contribution in [2.75, 3.05) is 5.75 Å². The molecule has 9 N–H and O–H groups in total. The van der Waals surface area contributed by atoms with Gasteiger partial charge in [0.05, 0.1) is 6.04 Å². The summed E-state index contributed by atoms with van der Waals surface area (Å²) >= 11 is 3.88. The second kappa shape index (κ2) is 15.1. The van der Waals surface area contributed by atoms with Crippen LogP contribution in [0.1, 0.15) is 46.0 Å². The normalized spacial score (nSPS) is 14.5. The molecule has 0 saturated heterocycles. The Hall–Kier alpha value is -2.87. The predicted octanol–water partition coefficient (Wildman–Crippen LogP) is -2.04. The van der Waals surface area contributed by atoms with E-state index in [4.69, 9.17) is 21.7 Å². The molecule has 0 heterocycles. The van der Waals surface area contributed by atoms with Crippen molar-refractivity contribution in [3.63, 3.8) is 0 Å². The average Bonchev–Trinajstić information content (AvgIpc) is 2.71. The minimum atomic E-state index is -1.34.